The van der Waals surface area contributed by atoms with Crippen LogP contribution in [0.4, 0.5) is 4.39 Å². The first-order valence-corrected chi connectivity index (χ1v) is 9.25. The van der Waals surface area contributed by atoms with Crippen LogP contribution in [-0.4, -0.2) is 21.1 Å². The fourth-order valence-corrected chi connectivity index (χ4v) is 3.91. The van der Waals surface area contributed by atoms with E-state index in [1.807, 2.05) is 17.6 Å². The lowest BCUT2D eigenvalue weighted by atomic mass is 9.96. The second-order valence-electron chi connectivity index (χ2n) is 7.27. The summed E-state index contributed by atoms with van der Waals surface area (Å²) in [4.78, 5) is 14.4. The number of aromatic nitrogens is 1. The van der Waals surface area contributed by atoms with Gasteiger partial charge < -0.3 is 9.67 Å². The van der Waals surface area contributed by atoms with Gasteiger partial charge in [-0.05, 0) is 48.7 Å². The Bertz CT molecular complexity index is 1050. The van der Waals surface area contributed by atoms with E-state index >= 15 is 0 Å². The second kappa shape index (κ2) is 7.14. The minimum Gasteiger partial charge on any atom is -0.503 e. The SMILES string of the molecule is Cc1c#ccc(C)c1CN1CCn2cc(O)c(=O)cc2[C@@H]1c1ccc(F)cc1. The summed E-state index contributed by atoms with van der Waals surface area (Å²) in [7, 11) is 0. The number of hydrogen-bond acceptors (Lipinski definition) is 3. The Labute approximate surface area is 163 Å². The molecule has 142 valence electrons. The Morgan fingerprint density at radius 3 is 2.68 bits per heavy atom. The van der Waals surface area contributed by atoms with E-state index < -0.39 is 5.43 Å². The van der Waals surface area contributed by atoms with Crippen molar-refractivity contribution in [2.75, 3.05) is 6.54 Å². The molecule has 2 aromatic carbocycles. The maximum atomic E-state index is 13.5. The molecule has 2 heterocycles. The first kappa shape index (κ1) is 18.3. The van der Waals surface area contributed by atoms with Crippen molar-refractivity contribution in [3.05, 3.63) is 98.7 Å². The molecule has 4 nitrogen and oxygen atoms in total. The van der Waals surface area contributed by atoms with Crippen molar-refractivity contribution in [3.63, 3.8) is 0 Å². The molecule has 1 N–H and O–H groups in total. The number of aryl methyl sites for hydroxylation is 1. The molecule has 0 unspecified atom stereocenters. The molecule has 1 aromatic heterocycles. The van der Waals surface area contributed by atoms with E-state index in [0.29, 0.717) is 13.1 Å². The molecule has 0 amide bonds. The maximum absolute atomic E-state index is 13.5. The summed E-state index contributed by atoms with van der Waals surface area (Å²) >= 11 is 0. The smallest absolute Gasteiger partial charge is 0.223 e. The number of nitrogens with zero attached hydrogens (tertiary/aromatic N) is 2. The number of pyridine rings is 1. The van der Waals surface area contributed by atoms with Gasteiger partial charge in [0.05, 0.1) is 12.2 Å². The Morgan fingerprint density at radius 2 is 1.96 bits per heavy atom. The predicted molar refractivity (Wildman–Crippen MR) is 105 cm³/mol. The van der Waals surface area contributed by atoms with Crippen LogP contribution in [0.2, 0.25) is 0 Å². The van der Waals surface area contributed by atoms with Crippen LogP contribution in [0.25, 0.3) is 0 Å². The van der Waals surface area contributed by atoms with Gasteiger partial charge in [0.15, 0.2) is 5.75 Å². The molecule has 3 aromatic rings. The van der Waals surface area contributed by atoms with Crippen molar-refractivity contribution in [1.82, 2.24) is 9.47 Å². The Morgan fingerprint density at radius 1 is 1.21 bits per heavy atom. The lowest BCUT2D eigenvalue weighted by Gasteiger charge is -2.39. The molecule has 0 radical (unpaired) electrons. The number of halogens is 1. The zero-order valence-electron chi connectivity index (χ0n) is 15.9. The van der Waals surface area contributed by atoms with E-state index in [9.17, 15) is 14.3 Å². The van der Waals surface area contributed by atoms with Gasteiger partial charge in [-0.25, -0.2) is 4.39 Å². The average molecular weight is 376 g/mol. The van der Waals surface area contributed by atoms with Gasteiger partial charge in [-0.1, -0.05) is 24.3 Å². The molecule has 1 aliphatic heterocycles. The highest BCUT2D eigenvalue weighted by Gasteiger charge is 2.30. The van der Waals surface area contributed by atoms with Gasteiger partial charge in [-0.2, -0.15) is 0 Å². The number of benzene rings is 1. The van der Waals surface area contributed by atoms with Crippen molar-refractivity contribution in [2.24, 2.45) is 0 Å². The van der Waals surface area contributed by atoms with Crippen LogP contribution in [0, 0.1) is 31.8 Å². The van der Waals surface area contributed by atoms with Crippen LogP contribution in [0.15, 0.2) is 47.4 Å². The highest BCUT2D eigenvalue weighted by Crippen LogP contribution is 2.34. The molecule has 4 rings (SSSR count). The van der Waals surface area contributed by atoms with E-state index in [1.54, 1.807) is 12.1 Å². The fraction of sp³-hybridized carbons (Fsp3) is 0.261. The summed E-state index contributed by atoms with van der Waals surface area (Å²) in [5.41, 5.74) is 4.66. The summed E-state index contributed by atoms with van der Waals surface area (Å²) in [5, 5.41) is 9.84. The Hall–Kier alpha value is -3.10. The van der Waals surface area contributed by atoms with Gasteiger partial charge in [0.1, 0.15) is 5.82 Å². The normalized spacial score (nSPS) is 16.5. The first-order chi connectivity index (χ1) is 13.4. The fourth-order valence-electron chi connectivity index (χ4n) is 3.91. The molecule has 0 aliphatic carbocycles. The van der Waals surface area contributed by atoms with E-state index in [4.69, 9.17) is 0 Å². The molecule has 1 aliphatic rings. The van der Waals surface area contributed by atoms with Crippen molar-refractivity contribution < 1.29 is 9.50 Å². The molecular formula is C23H21FN2O2. The van der Waals surface area contributed by atoms with Crippen LogP contribution in [0.5, 0.6) is 5.75 Å². The molecule has 28 heavy (non-hydrogen) atoms. The topological polar surface area (TPSA) is 45.5 Å². The van der Waals surface area contributed by atoms with Gasteiger partial charge in [0.2, 0.25) is 5.43 Å². The molecule has 0 saturated heterocycles. The monoisotopic (exact) mass is 376 g/mol. The number of fused-ring (bicyclic) bond motifs is 1. The van der Waals surface area contributed by atoms with Crippen LogP contribution < -0.4 is 5.43 Å². The van der Waals surface area contributed by atoms with E-state index in [1.165, 1.54) is 30.0 Å². The number of rotatable bonds is 3. The van der Waals surface area contributed by atoms with Crippen LogP contribution in [-0.2, 0) is 13.1 Å². The third kappa shape index (κ3) is 3.28. The molecule has 0 bridgehead atoms. The zero-order chi connectivity index (χ0) is 19.8. The van der Waals surface area contributed by atoms with E-state index in [2.05, 4.69) is 24.0 Å². The highest BCUT2D eigenvalue weighted by atomic mass is 19.1. The lowest BCUT2D eigenvalue weighted by Crippen LogP contribution is -2.39. The Kier molecular flexibility index (Phi) is 4.66. The van der Waals surface area contributed by atoms with Crippen LogP contribution in [0.1, 0.15) is 34.0 Å². The van der Waals surface area contributed by atoms with Gasteiger partial charge in [0.25, 0.3) is 0 Å². The summed E-state index contributed by atoms with van der Waals surface area (Å²) in [5.74, 6) is -0.552. The number of hydrogen-bond donors (Lipinski definition) is 1. The quantitative estimate of drug-likeness (QED) is 0.761. The van der Waals surface area contributed by atoms with E-state index in [0.717, 1.165) is 28.9 Å². The van der Waals surface area contributed by atoms with Crippen molar-refractivity contribution in [3.8, 4) is 5.75 Å². The standard InChI is InChI=1S/C23H21FN2O2/c1-15-4-3-5-16(2)19(15)13-26-11-10-25-14-22(28)21(27)12-20(25)23(26)17-6-8-18(24)9-7-17/h4,6-9,12,14,23,28H,10-11,13H2,1-2H3/t23-/m0/s1. The molecule has 5 heteroatoms. The van der Waals surface area contributed by atoms with E-state index in [-0.39, 0.29) is 17.6 Å². The molecular weight excluding hydrogens is 355 g/mol. The lowest BCUT2D eigenvalue weighted by molar-refractivity contribution is 0.171. The summed E-state index contributed by atoms with van der Waals surface area (Å²) in [6.07, 6.45) is 1.49. The zero-order valence-corrected chi connectivity index (χ0v) is 15.9. The second-order valence-corrected chi connectivity index (χ2v) is 7.27. The van der Waals surface area contributed by atoms with Gasteiger partial charge >= 0.3 is 0 Å². The molecule has 1 atom stereocenters. The predicted octanol–water partition coefficient (Wildman–Crippen LogP) is 3.52. The first-order valence-electron chi connectivity index (χ1n) is 9.25. The minimum atomic E-state index is -0.407. The highest BCUT2D eigenvalue weighted by molar-refractivity contribution is 5.35. The van der Waals surface area contributed by atoms with Gasteiger partial charge in [-0.15, -0.1) is 0 Å². The third-order valence-corrected chi connectivity index (χ3v) is 5.44. The maximum Gasteiger partial charge on any atom is 0.223 e. The van der Waals surface area contributed by atoms with Crippen LogP contribution >= 0.6 is 0 Å². The summed E-state index contributed by atoms with van der Waals surface area (Å²) < 4.78 is 15.4. The largest absolute Gasteiger partial charge is 0.503 e. The van der Waals surface area contributed by atoms with Crippen molar-refractivity contribution in [1.29, 1.82) is 0 Å². The number of aromatic hydroxyl groups is 1. The van der Waals surface area contributed by atoms with Crippen molar-refractivity contribution in [2.45, 2.75) is 33.0 Å². The van der Waals surface area contributed by atoms with Crippen molar-refractivity contribution >= 4 is 0 Å². The Balaban J connectivity index is 1.82. The average Bonchev–Trinajstić information content (AvgIpc) is 2.67. The molecule has 0 saturated carbocycles. The molecule has 0 fully saturated rings. The third-order valence-electron chi connectivity index (χ3n) is 5.44. The minimum absolute atomic E-state index is 0.217. The van der Waals surface area contributed by atoms with Gasteiger partial charge in [-0.3, -0.25) is 9.69 Å². The summed E-state index contributed by atoms with van der Waals surface area (Å²) in [6, 6.07) is 15.7. The van der Waals surface area contributed by atoms with Crippen LogP contribution in [0.3, 0.4) is 0 Å². The summed E-state index contributed by atoms with van der Waals surface area (Å²) in [6.45, 7) is 6.14. The van der Waals surface area contributed by atoms with Gasteiger partial charge in [0, 0.05) is 37.0 Å². The molecule has 0 spiro atoms.